The number of nitrogens with zero attached hydrogens (tertiary/aromatic N) is 2. The zero-order valence-corrected chi connectivity index (χ0v) is 30.6. The van der Waals surface area contributed by atoms with Crippen LogP contribution in [0.3, 0.4) is 0 Å². The second-order valence-electron chi connectivity index (χ2n) is 11.0. The molecule has 0 heterocycles. The molecule has 0 aliphatic carbocycles. The Morgan fingerprint density at radius 3 is 1.48 bits per heavy atom. The van der Waals surface area contributed by atoms with Crippen LogP contribution in [-0.2, 0) is 4.74 Å². The van der Waals surface area contributed by atoms with Crippen molar-refractivity contribution in [2.45, 2.75) is 0 Å². The zero-order valence-electron chi connectivity index (χ0n) is 28.0. The Bertz CT molecular complexity index is 1780. The van der Waals surface area contributed by atoms with Gasteiger partial charge in [-0.1, -0.05) is 97.1 Å². The Morgan fingerprint density at radius 2 is 1.02 bits per heavy atom. The van der Waals surface area contributed by atoms with Crippen LogP contribution >= 0.6 is 31.7 Å². The number of hydrogen-bond donors (Lipinski definition) is 5. The fourth-order valence-corrected chi connectivity index (χ4v) is 9.35. The van der Waals surface area contributed by atoms with Gasteiger partial charge in [0.05, 0.1) is 6.61 Å². The topological polar surface area (TPSA) is 94.1 Å². The van der Waals surface area contributed by atoms with Crippen LogP contribution in [0.5, 0.6) is 0 Å². The summed E-state index contributed by atoms with van der Waals surface area (Å²) in [6, 6.07) is 49.8. The molecular weight excluding hydrogens is 678 g/mol. The second kappa shape index (κ2) is 18.7. The Morgan fingerprint density at radius 1 is 0.580 bits per heavy atom. The third-order valence-corrected chi connectivity index (χ3v) is 12.5. The van der Waals surface area contributed by atoms with E-state index >= 15 is 0 Å². The quantitative estimate of drug-likeness (QED) is 0.0345. The minimum absolute atomic E-state index is 0.362. The van der Waals surface area contributed by atoms with E-state index in [9.17, 15) is 0 Å². The number of benzene rings is 5. The summed E-state index contributed by atoms with van der Waals surface area (Å²) in [5.41, 5.74) is 9.78. The Labute approximate surface area is 305 Å². The molecule has 5 N–H and O–H groups in total. The van der Waals surface area contributed by atoms with E-state index in [1.807, 2.05) is 61.6 Å². The van der Waals surface area contributed by atoms with Crippen LogP contribution in [0.1, 0.15) is 11.1 Å². The van der Waals surface area contributed by atoms with E-state index in [1.54, 1.807) is 7.05 Å². The summed E-state index contributed by atoms with van der Waals surface area (Å²) in [6.45, 7) is 0.937. The number of hydrazone groups is 2. The molecule has 50 heavy (non-hydrogen) atoms. The maximum absolute atomic E-state index is 6.50. The molecule has 0 radical (unpaired) electrons. The van der Waals surface area contributed by atoms with Crippen molar-refractivity contribution >= 4 is 74.9 Å². The predicted molar refractivity (Wildman–Crippen MR) is 220 cm³/mol. The van der Waals surface area contributed by atoms with Crippen LogP contribution in [0.4, 0.5) is 5.69 Å². The molecule has 5 rings (SSSR count). The van der Waals surface area contributed by atoms with Gasteiger partial charge in [0.15, 0.2) is 16.6 Å². The minimum atomic E-state index is -2.10. The Balaban J connectivity index is 1.32. The molecule has 254 valence electrons. The highest BCUT2D eigenvalue weighted by atomic mass is 32.1. The lowest BCUT2D eigenvalue weighted by Crippen LogP contribution is -2.37. The molecule has 0 fully saturated rings. The van der Waals surface area contributed by atoms with Crippen molar-refractivity contribution in [1.82, 2.24) is 21.5 Å². The molecule has 0 saturated heterocycles. The average Bonchev–Trinajstić information content (AvgIpc) is 3.19. The van der Waals surface area contributed by atoms with E-state index in [1.165, 1.54) is 15.9 Å². The van der Waals surface area contributed by atoms with Gasteiger partial charge in [-0.2, -0.15) is 10.2 Å². The van der Waals surface area contributed by atoms with Gasteiger partial charge in [0.1, 0.15) is 34.6 Å². The van der Waals surface area contributed by atoms with E-state index in [0.29, 0.717) is 41.1 Å². The third kappa shape index (κ3) is 9.37. The first-order valence-corrected chi connectivity index (χ1v) is 19.0. The van der Waals surface area contributed by atoms with Crippen molar-refractivity contribution in [3.8, 4) is 0 Å². The standard InChI is InChI=1S/C39H40N7OPS2/c1-40-32-25-23-31(24-26-32)37(43-45-38(49)41-2)36(30-15-7-3-8-16-30)44-46-39(50)42-27-28-47-29-48(33-17-9-4-10-18-33,34-19-11-5-12-20-34)35-21-13-6-14-22-35/h3-26H,27-29H2,1-2H3,(H4-,40,41,42,43,44,45,46,49,50)/p+1. The molecule has 0 spiro atoms. The van der Waals surface area contributed by atoms with E-state index in [0.717, 1.165) is 16.8 Å². The number of rotatable bonds is 14. The molecule has 0 aliphatic heterocycles. The summed E-state index contributed by atoms with van der Waals surface area (Å²) >= 11 is 11.0. The van der Waals surface area contributed by atoms with E-state index in [-0.39, 0.29) is 0 Å². The largest absolute Gasteiger partial charge is 0.388 e. The predicted octanol–water partition coefficient (Wildman–Crippen LogP) is 5.36. The van der Waals surface area contributed by atoms with Crippen LogP contribution < -0.4 is 42.7 Å². The first kappa shape index (κ1) is 36.3. The highest BCUT2D eigenvalue weighted by molar-refractivity contribution is 7.95. The SMILES string of the molecule is CNC(=S)NN=C(C(=NNC(=S)NCCOC[P+](c1ccccc1)(c1ccccc1)c1ccccc1)c1ccccc1)c1ccc(NC)cc1. The van der Waals surface area contributed by atoms with Gasteiger partial charge in [-0.3, -0.25) is 10.9 Å². The van der Waals surface area contributed by atoms with Gasteiger partial charge in [-0.25, -0.2) is 0 Å². The average molecular weight is 719 g/mol. The van der Waals surface area contributed by atoms with Gasteiger partial charge in [0.2, 0.25) is 0 Å². The number of thiocarbonyl (C=S) groups is 2. The first-order chi connectivity index (χ1) is 24.5. The molecular formula is C39H41N7OPS2+. The summed E-state index contributed by atoms with van der Waals surface area (Å²) in [7, 11) is 1.52. The minimum Gasteiger partial charge on any atom is -0.388 e. The van der Waals surface area contributed by atoms with Gasteiger partial charge >= 0.3 is 0 Å². The highest BCUT2D eigenvalue weighted by Crippen LogP contribution is 2.55. The zero-order chi connectivity index (χ0) is 35.0. The Kier molecular flexibility index (Phi) is 13.6. The molecule has 0 aromatic heterocycles. The fraction of sp³-hybridized carbons (Fsp3) is 0.128. The number of hydrogen-bond acceptors (Lipinski definition) is 6. The maximum Gasteiger partial charge on any atom is 0.187 e. The van der Waals surface area contributed by atoms with E-state index in [2.05, 4.69) is 123 Å². The van der Waals surface area contributed by atoms with Gasteiger partial charge in [-0.15, -0.1) is 0 Å². The molecule has 0 aliphatic rings. The molecule has 11 heteroatoms. The lowest BCUT2D eigenvalue weighted by atomic mass is 9.99. The summed E-state index contributed by atoms with van der Waals surface area (Å²) in [5, 5.41) is 23.3. The number of anilines is 1. The molecule has 0 bridgehead atoms. The molecule has 0 unspecified atom stereocenters. The lowest BCUT2D eigenvalue weighted by molar-refractivity contribution is 0.185. The summed E-state index contributed by atoms with van der Waals surface area (Å²) in [6.07, 6.45) is 0.552. The van der Waals surface area contributed by atoms with Gasteiger partial charge < -0.3 is 20.7 Å². The molecule has 0 amide bonds. The smallest absolute Gasteiger partial charge is 0.187 e. The maximum atomic E-state index is 6.50. The van der Waals surface area contributed by atoms with Gasteiger partial charge in [0.25, 0.3) is 0 Å². The van der Waals surface area contributed by atoms with Crippen LogP contribution in [0, 0.1) is 0 Å². The van der Waals surface area contributed by atoms with Crippen molar-refractivity contribution in [3.05, 3.63) is 157 Å². The first-order valence-electron chi connectivity index (χ1n) is 16.2. The van der Waals surface area contributed by atoms with E-state index < -0.39 is 7.26 Å². The highest BCUT2D eigenvalue weighted by Gasteiger charge is 2.45. The number of ether oxygens (including phenoxy) is 1. The lowest BCUT2D eigenvalue weighted by Gasteiger charge is -2.27. The monoisotopic (exact) mass is 718 g/mol. The van der Waals surface area contributed by atoms with Gasteiger partial charge in [-0.05, 0) is 73.0 Å². The third-order valence-electron chi connectivity index (χ3n) is 7.89. The second-order valence-corrected chi connectivity index (χ2v) is 15.3. The van der Waals surface area contributed by atoms with Crippen LogP contribution in [0.2, 0.25) is 0 Å². The van der Waals surface area contributed by atoms with Crippen LogP contribution in [0.15, 0.2) is 156 Å². The van der Waals surface area contributed by atoms with Crippen molar-refractivity contribution in [3.63, 3.8) is 0 Å². The van der Waals surface area contributed by atoms with Crippen molar-refractivity contribution in [2.24, 2.45) is 10.2 Å². The van der Waals surface area contributed by atoms with Crippen molar-refractivity contribution in [1.29, 1.82) is 0 Å². The molecule has 0 atom stereocenters. The molecule has 0 saturated carbocycles. The fourth-order valence-electron chi connectivity index (χ4n) is 5.36. The summed E-state index contributed by atoms with van der Waals surface area (Å²) < 4.78 is 6.50. The number of nitrogens with one attached hydrogen (secondary N) is 5. The van der Waals surface area contributed by atoms with Crippen molar-refractivity contribution < 1.29 is 4.74 Å². The van der Waals surface area contributed by atoms with Crippen LogP contribution in [-0.4, -0.2) is 55.2 Å². The molecule has 8 nitrogen and oxygen atoms in total. The Hall–Kier alpha value is -4.99. The summed E-state index contributed by atoms with van der Waals surface area (Å²) in [5.74, 6) is 0. The van der Waals surface area contributed by atoms with Crippen molar-refractivity contribution in [2.75, 3.05) is 38.9 Å². The molecule has 5 aromatic rings. The van der Waals surface area contributed by atoms with Crippen LogP contribution in [0.25, 0.3) is 0 Å². The summed E-state index contributed by atoms with van der Waals surface area (Å²) in [4.78, 5) is 0. The van der Waals surface area contributed by atoms with E-state index in [4.69, 9.17) is 34.3 Å². The normalized spacial score (nSPS) is 11.7. The van der Waals surface area contributed by atoms with Gasteiger partial charge in [0, 0.05) is 37.5 Å². The molecule has 5 aromatic carbocycles.